The van der Waals surface area contributed by atoms with E-state index in [9.17, 15) is 0 Å². The lowest BCUT2D eigenvalue weighted by molar-refractivity contribution is 0.838. The van der Waals surface area contributed by atoms with Gasteiger partial charge in [-0.2, -0.15) is 4.52 Å². The van der Waals surface area contributed by atoms with Crippen molar-refractivity contribution < 1.29 is 0 Å². The number of nitrogens with one attached hydrogen (secondary N) is 1. The molecule has 0 fully saturated rings. The Kier molecular flexibility index (Phi) is 2.28. The highest BCUT2D eigenvalue weighted by atomic mass is 15.4. The molecule has 0 amide bonds. The van der Waals surface area contributed by atoms with Crippen LogP contribution in [0.25, 0.3) is 5.65 Å². The number of hydrogen-bond acceptors (Lipinski definition) is 5. The Morgan fingerprint density at radius 2 is 2.43 bits per heavy atom. The average Bonchev–Trinajstić information content (AvgIpc) is 2.61. The Morgan fingerprint density at radius 3 is 3.21 bits per heavy atom. The summed E-state index contributed by atoms with van der Waals surface area (Å²) in [4.78, 5) is 4.27. The molecule has 0 aromatic carbocycles. The minimum absolute atomic E-state index is 0.581. The third-order valence-electron chi connectivity index (χ3n) is 1.85. The molecule has 0 aliphatic heterocycles. The molecule has 0 saturated carbocycles. The highest BCUT2D eigenvalue weighted by Gasteiger charge is 2.03. The van der Waals surface area contributed by atoms with Gasteiger partial charge in [-0.05, 0) is 6.92 Å². The van der Waals surface area contributed by atoms with Gasteiger partial charge in [0.25, 0.3) is 0 Å². The van der Waals surface area contributed by atoms with Gasteiger partial charge < -0.3 is 11.1 Å². The van der Waals surface area contributed by atoms with Gasteiger partial charge in [0.1, 0.15) is 5.82 Å². The molecule has 74 valence electrons. The second-order valence-electron chi connectivity index (χ2n) is 3.00. The van der Waals surface area contributed by atoms with Crippen molar-refractivity contribution in [2.75, 3.05) is 18.4 Å². The van der Waals surface area contributed by atoms with E-state index in [4.69, 9.17) is 5.73 Å². The van der Waals surface area contributed by atoms with E-state index < -0.39 is 0 Å². The van der Waals surface area contributed by atoms with Crippen molar-refractivity contribution >= 4 is 11.5 Å². The van der Waals surface area contributed by atoms with Gasteiger partial charge >= 0.3 is 0 Å². The molecule has 6 heteroatoms. The van der Waals surface area contributed by atoms with Crippen molar-refractivity contribution in [2.24, 2.45) is 5.73 Å². The summed E-state index contributed by atoms with van der Waals surface area (Å²) < 4.78 is 1.66. The summed E-state index contributed by atoms with van der Waals surface area (Å²) in [6, 6.07) is 1.91. The van der Waals surface area contributed by atoms with E-state index in [-0.39, 0.29) is 0 Å². The summed E-state index contributed by atoms with van der Waals surface area (Å²) >= 11 is 0. The van der Waals surface area contributed by atoms with Crippen LogP contribution in [0.4, 0.5) is 5.82 Å². The fourth-order valence-electron chi connectivity index (χ4n) is 1.28. The van der Waals surface area contributed by atoms with Gasteiger partial charge in [-0.25, -0.2) is 4.98 Å². The summed E-state index contributed by atoms with van der Waals surface area (Å²) in [5.74, 6) is 0.871. The summed E-state index contributed by atoms with van der Waals surface area (Å²) in [5, 5.41) is 10.9. The van der Waals surface area contributed by atoms with E-state index in [1.807, 2.05) is 13.0 Å². The maximum Gasteiger partial charge on any atom is 0.178 e. The third kappa shape index (κ3) is 1.51. The predicted molar refractivity (Wildman–Crippen MR) is 53.1 cm³/mol. The van der Waals surface area contributed by atoms with Crippen molar-refractivity contribution in [3.63, 3.8) is 0 Å². The van der Waals surface area contributed by atoms with Crippen LogP contribution in [-0.4, -0.2) is 32.9 Å². The van der Waals surface area contributed by atoms with Crippen LogP contribution in [0.15, 0.2) is 12.3 Å². The topological polar surface area (TPSA) is 81.1 Å². The van der Waals surface area contributed by atoms with Crippen LogP contribution in [0.5, 0.6) is 0 Å². The van der Waals surface area contributed by atoms with Gasteiger partial charge in [0.15, 0.2) is 5.65 Å². The quantitative estimate of drug-likeness (QED) is 0.704. The van der Waals surface area contributed by atoms with E-state index in [2.05, 4.69) is 20.6 Å². The standard InChI is InChI=1S/C8H12N6/c1-6-4-7(10-3-2-9)14-8(12-6)5-11-13-14/h4-5,10H,2-3,9H2,1H3. The lowest BCUT2D eigenvalue weighted by atomic mass is 10.4. The largest absolute Gasteiger partial charge is 0.369 e. The normalized spacial score (nSPS) is 10.7. The van der Waals surface area contributed by atoms with Crippen LogP contribution in [0.1, 0.15) is 5.69 Å². The van der Waals surface area contributed by atoms with Crippen LogP contribution >= 0.6 is 0 Å². The van der Waals surface area contributed by atoms with Gasteiger partial charge in [0, 0.05) is 24.8 Å². The molecular formula is C8H12N6. The molecule has 0 saturated heterocycles. The molecule has 2 aromatic heterocycles. The van der Waals surface area contributed by atoms with Gasteiger partial charge in [0.05, 0.1) is 6.20 Å². The van der Waals surface area contributed by atoms with E-state index >= 15 is 0 Å². The van der Waals surface area contributed by atoms with Crippen molar-refractivity contribution in [3.05, 3.63) is 18.0 Å². The summed E-state index contributed by atoms with van der Waals surface area (Å²) in [6.07, 6.45) is 1.63. The Morgan fingerprint density at radius 1 is 1.57 bits per heavy atom. The van der Waals surface area contributed by atoms with Crippen molar-refractivity contribution in [1.82, 2.24) is 19.8 Å². The van der Waals surface area contributed by atoms with Gasteiger partial charge in [-0.3, -0.25) is 0 Å². The van der Waals surface area contributed by atoms with E-state index in [1.165, 1.54) is 0 Å². The van der Waals surface area contributed by atoms with Crippen LogP contribution in [-0.2, 0) is 0 Å². The molecule has 0 radical (unpaired) electrons. The number of anilines is 1. The minimum atomic E-state index is 0.581. The molecule has 0 spiro atoms. The SMILES string of the molecule is Cc1cc(NCCN)n2nncc2n1. The number of fused-ring (bicyclic) bond motifs is 1. The zero-order chi connectivity index (χ0) is 9.97. The molecular weight excluding hydrogens is 180 g/mol. The second kappa shape index (κ2) is 3.59. The first-order valence-corrected chi connectivity index (χ1v) is 4.43. The summed E-state index contributed by atoms with van der Waals surface area (Å²) in [7, 11) is 0. The monoisotopic (exact) mass is 192 g/mol. The van der Waals surface area contributed by atoms with Crippen LogP contribution in [0.3, 0.4) is 0 Å². The third-order valence-corrected chi connectivity index (χ3v) is 1.85. The summed E-state index contributed by atoms with van der Waals surface area (Å²) in [6.45, 7) is 3.22. The smallest absolute Gasteiger partial charge is 0.178 e. The van der Waals surface area contributed by atoms with Crippen LogP contribution < -0.4 is 11.1 Å². The number of hydrogen-bond donors (Lipinski definition) is 2. The van der Waals surface area contributed by atoms with E-state index in [1.54, 1.807) is 10.7 Å². The molecule has 6 nitrogen and oxygen atoms in total. The Balaban J connectivity index is 2.44. The number of aromatic nitrogens is 4. The van der Waals surface area contributed by atoms with Crippen molar-refractivity contribution in [2.45, 2.75) is 6.92 Å². The number of aryl methyl sites for hydroxylation is 1. The first-order valence-electron chi connectivity index (χ1n) is 4.43. The number of nitrogens with two attached hydrogens (primary N) is 1. The molecule has 2 heterocycles. The molecule has 14 heavy (non-hydrogen) atoms. The Labute approximate surface area is 81.1 Å². The van der Waals surface area contributed by atoms with Crippen LogP contribution in [0, 0.1) is 6.92 Å². The molecule has 2 aromatic rings. The Hall–Kier alpha value is -1.69. The number of rotatable bonds is 3. The molecule has 0 bridgehead atoms. The lowest BCUT2D eigenvalue weighted by Gasteiger charge is -2.06. The van der Waals surface area contributed by atoms with E-state index in [0.29, 0.717) is 13.1 Å². The fraction of sp³-hybridized carbons (Fsp3) is 0.375. The van der Waals surface area contributed by atoms with Gasteiger partial charge in [-0.1, -0.05) is 5.21 Å². The lowest BCUT2D eigenvalue weighted by Crippen LogP contribution is -2.15. The summed E-state index contributed by atoms with van der Waals surface area (Å²) in [5.41, 5.74) is 7.08. The number of nitrogens with zero attached hydrogens (tertiary/aromatic N) is 4. The first kappa shape index (κ1) is 8.89. The minimum Gasteiger partial charge on any atom is -0.369 e. The average molecular weight is 192 g/mol. The maximum absolute atomic E-state index is 5.41. The highest BCUT2D eigenvalue weighted by molar-refractivity contribution is 5.47. The molecule has 0 aliphatic carbocycles. The van der Waals surface area contributed by atoms with Crippen molar-refractivity contribution in [3.8, 4) is 0 Å². The van der Waals surface area contributed by atoms with Crippen molar-refractivity contribution in [1.29, 1.82) is 0 Å². The Bertz CT molecular complexity index is 434. The second-order valence-corrected chi connectivity index (χ2v) is 3.00. The molecule has 3 N–H and O–H groups in total. The first-order chi connectivity index (χ1) is 6.81. The van der Waals surface area contributed by atoms with E-state index in [0.717, 1.165) is 17.2 Å². The van der Waals surface area contributed by atoms with Gasteiger partial charge in [-0.15, -0.1) is 5.10 Å². The molecule has 0 unspecified atom stereocenters. The fourth-order valence-corrected chi connectivity index (χ4v) is 1.28. The zero-order valence-electron chi connectivity index (χ0n) is 7.94. The predicted octanol–water partition coefficient (Wildman–Crippen LogP) is -0.197. The van der Waals surface area contributed by atoms with Crippen LogP contribution in [0.2, 0.25) is 0 Å². The maximum atomic E-state index is 5.41. The van der Waals surface area contributed by atoms with Gasteiger partial charge in [0.2, 0.25) is 0 Å². The zero-order valence-corrected chi connectivity index (χ0v) is 7.94. The molecule has 2 rings (SSSR count). The highest BCUT2D eigenvalue weighted by Crippen LogP contribution is 2.09. The molecule has 0 atom stereocenters. The molecule has 0 aliphatic rings.